The van der Waals surface area contributed by atoms with Crippen LogP contribution in [0, 0.1) is 20.8 Å². The minimum Gasteiger partial charge on any atom is -0.450 e. The van der Waals surface area contributed by atoms with E-state index in [1.165, 1.54) is 16.7 Å². The predicted octanol–water partition coefficient (Wildman–Crippen LogP) is 4.50. The van der Waals surface area contributed by atoms with Gasteiger partial charge in [0.25, 0.3) is 0 Å². The lowest BCUT2D eigenvalue weighted by Crippen LogP contribution is -2.16. The third kappa shape index (κ3) is 4.05. The summed E-state index contributed by atoms with van der Waals surface area (Å²) >= 11 is 0. The molecular formula is C21H25N3O3. The maximum atomic E-state index is 10.7. The highest BCUT2D eigenvalue weighted by molar-refractivity contribution is 5.69. The van der Waals surface area contributed by atoms with Crippen molar-refractivity contribution in [3.05, 3.63) is 64.6 Å². The molecule has 0 saturated heterocycles. The van der Waals surface area contributed by atoms with E-state index in [0.29, 0.717) is 6.42 Å². The van der Waals surface area contributed by atoms with Crippen molar-refractivity contribution in [2.75, 3.05) is 5.32 Å². The predicted molar refractivity (Wildman–Crippen MR) is 105 cm³/mol. The number of aryl methyl sites for hydroxylation is 3. The maximum Gasteiger partial charge on any atom is 0.506 e. The number of hydrogen-bond acceptors (Lipinski definition) is 4. The van der Waals surface area contributed by atoms with Crippen LogP contribution in [0.3, 0.4) is 0 Å². The number of pyridine rings is 1. The fraction of sp³-hybridized carbons (Fsp3) is 0.333. The molecule has 2 heterocycles. The normalized spacial score (nSPS) is 12.1. The minimum absolute atomic E-state index is 0.441. The lowest BCUT2D eigenvalue weighted by atomic mass is 10.0. The summed E-state index contributed by atoms with van der Waals surface area (Å²) in [5, 5.41) is 12.3. The minimum atomic E-state index is -1.26. The second-order valence-corrected chi connectivity index (χ2v) is 6.88. The second kappa shape index (κ2) is 7.70. The van der Waals surface area contributed by atoms with Crippen LogP contribution < -0.4 is 5.32 Å². The average molecular weight is 367 g/mol. The highest BCUT2D eigenvalue weighted by Gasteiger charge is 2.16. The van der Waals surface area contributed by atoms with E-state index in [1.54, 1.807) is 6.92 Å². The van der Waals surface area contributed by atoms with Crippen molar-refractivity contribution in [1.82, 2.24) is 9.38 Å². The standard InChI is InChI=1S/C21H25N3O3/c1-13-7-5-8-14(2)17(13)12-22-18-9-6-10-24-16(4)19(23-20(18)24)11-15(3)27-21(25)26/h5-10,15,22H,11-12H2,1-4H3,(H,25,26). The molecule has 0 aliphatic heterocycles. The number of rotatable bonds is 6. The molecule has 0 spiro atoms. The Morgan fingerprint density at radius 1 is 1.22 bits per heavy atom. The third-order valence-electron chi connectivity index (χ3n) is 4.87. The van der Waals surface area contributed by atoms with Crippen LogP contribution in [0.15, 0.2) is 36.5 Å². The summed E-state index contributed by atoms with van der Waals surface area (Å²) < 4.78 is 6.84. The SMILES string of the molecule is Cc1cccc(C)c1CNc1cccn2c(C)c(CC(C)OC(=O)O)nc12. The number of nitrogens with one attached hydrogen (secondary N) is 1. The van der Waals surface area contributed by atoms with Gasteiger partial charge in [-0.1, -0.05) is 18.2 Å². The van der Waals surface area contributed by atoms with Crippen LogP contribution >= 0.6 is 0 Å². The first-order valence-electron chi connectivity index (χ1n) is 9.02. The number of imidazole rings is 1. The zero-order chi connectivity index (χ0) is 19.6. The number of benzene rings is 1. The molecule has 0 bridgehead atoms. The first-order chi connectivity index (χ1) is 12.9. The van der Waals surface area contributed by atoms with Gasteiger partial charge in [-0.3, -0.25) is 0 Å². The van der Waals surface area contributed by atoms with Gasteiger partial charge >= 0.3 is 6.16 Å². The Bertz CT molecular complexity index is 958. The highest BCUT2D eigenvalue weighted by atomic mass is 16.7. The van der Waals surface area contributed by atoms with Crippen LogP contribution in [0.5, 0.6) is 0 Å². The summed E-state index contributed by atoms with van der Waals surface area (Å²) in [4.78, 5) is 15.5. The van der Waals surface area contributed by atoms with E-state index >= 15 is 0 Å². The quantitative estimate of drug-likeness (QED) is 0.628. The van der Waals surface area contributed by atoms with Gasteiger partial charge in [-0.2, -0.15) is 0 Å². The molecule has 142 valence electrons. The lowest BCUT2D eigenvalue weighted by molar-refractivity contribution is 0.0589. The van der Waals surface area contributed by atoms with Crippen molar-refractivity contribution in [3.8, 4) is 0 Å². The molecule has 6 nitrogen and oxygen atoms in total. The molecular weight excluding hydrogens is 342 g/mol. The maximum absolute atomic E-state index is 10.7. The zero-order valence-electron chi connectivity index (χ0n) is 16.1. The van der Waals surface area contributed by atoms with Crippen molar-refractivity contribution >= 4 is 17.5 Å². The zero-order valence-corrected chi connectivity index (χ0v) is 16.1. The largest absolute Gasteiger partial charge is 0.506 e. The van der Waals surface area contributed by atoms with Gasteiger partial charge in [0.2, 0.25) is 0 Å². The molecule has 1 unspecified atom stereocenters. The number of nitrogens with zero attached hydrogens (tertiary/aromatic N) is 2. The Morgan fingerprint density at radius 2 is 1.93 bits per heavy atom. The summed E-state index contributed by atoms with van der Waals surface area (Å²) in [6, 6.07) is 10.3. The second-order valence-electron chi connectivity index (χ2n) is 6.88. The fourth-order valence-corrected chi connectivity index (χ4v) is 3.36. The Kier molecular flexibility index (Phi) is 5.35. The van der Waals surface area contributed by atoms with Crippen LogP contribution in [-0.4, -0.2) is 26.8 Å². The number of anilines is 1. The molecule has 1 aromatic carbocycles. The van der Waals surface area contributed by atoms with E-state index in [4.69, 9.17) is 14.8 Å². The van der Waals surface area contributed by atoms with E-state index in [2.05, 4.69) is 37.4 Å². The molecule has 3 aromatic rings. The van der Waals surface area contributed by atoms with Crippen molar-refractivity contribution in [1.29, 1.82) is 0 Å². The molecule has 0 amide bonds. The summed E-state index contributed by atoms with van der Waals surface area (Å²) in [5.74, 6) is 0. The van der Waals surface area contributed by atoms with Crippen molar-refractivity contribution in [2.24, 2.45) is 0 Å². The van der Waals surface area contributed by atoms with Crippen molar-refractivity contribution < 1.29 is 14.6 Å². The Labute approximate surface area is 158 Å². The van der Waals surface area contributed by atoms with E-state index < -0.39 is 12.3 Å². The van der Waals surface area contributed by atoms with Crippen LogP contribution in [0.4, 0.5) is 10.5 Å². The number of carbonyl (C=O) groups is 1. The summed E-state index contributed by atoms with van der Waals surface area (Å²) in [6.07, 6.45) is 0.696. The smallest absolute Gasteiger partial charge is 0.450 e. The molecule has 2 aromatic heterocycles. The van der Waals surface area contributed by atoms with E-state index in [0.717, 1.165) is 29.3 Å². The highest BCUT2D eigenvalue weighted by Crippen LogP contribution is 2.23. The first-order valence-corrected chi connectivity index (χ1v) is 9.02. The fourth-order valence-electron chi connectivity index (χ4n) is 3.36. The number of aromatic nitrogens is 2. The van der Waals surface area contributed by atoms with Crippen LogP contribution in [0.1, 0.15) is 35.0 Å². The lowest BCUT2D eigenvalue weighted by Gasteiger charge is -2.12. The van der Waals surface area contributed by atoms with Crippen molar-refractivity contribution in [3.63, 3.8) is 0 Å². The van der Waals surface area contributed by atoms with Crippen LogP contribution in [-0.2, 0) is 17.7 Å². The molecule has 6 heteroatoms. The van der Waals surface area contributed by atoms with E-state index in [1.807, 2.05) is 29.7 Å². The van der Waals surface area contributed by atoms with Gasteiger partial charge < -0.3 is 19.6 Å². The molecule has 0 fully saturated rings. The Morgan fingerprint density at radius 3 is 2.59 bits per heavy atom. The molecule has 3 rings (SSSR count). The van der Waals surface area contributed by atoms with E-state index in [-0.39, 0.29) is 0 Å². The number of hydrogen-bond donors (Lipinski definition) is 2. The average Bonchev–Trinajstić information content (AvgIpc) is 2.90. The van der Waals surface area contributed by atoms with E-state index in [9.17, 15) is 4.79 Å². The number of fused-ring (bicyclic) bond motifs is 1. The number of carboxylic acid groups (broad SMARTS) is 1. The van der Waals surface area contributed by atoms with Gasteiger partial charge in [0.05, 0.1) is 11.4 Å². The Balaban J connectivity index is 1.86. The van der Waals surface area contributed by atoms with Crippen molar-refractivity contribution in [2.45, 2.75) is 46.8 Å². The van der Waals surface area contributed by atoms with Gasteiger partial charge in [-0.05, 0) is 56.5 Å². The molecule has 0 saturated carbocycles. The van der Waals surface area contributed by atoms with Crippen LogP contribution in [0.25, 0.3) is 5.65 Å². The first kappa shape index (κ1) is 18.8. The van der Waals surface area contributed by atoms with Crippen LogP contribution in [0.2, 0.25) is 0 Å². The monoisotopic (exact) mass is 367 g/mol. The Hall–Kier alpha value is -3.02. The van der Waals surface area contributed by atoms with Gasteiger partial charge in [0.15, 0.2) is 5.65 Å². The van der Waals surface area contributed by atoms with Gasteiger partial charge in [0, 0.05) is 24.9 Å². The van der Waals surface area contributed by atoms with Gasteiger partial charge in [-0.15, -0.1) is 0 Å². The summed E-state index contributed by atoms with van der Waals surface area (Å²) in [7, 11) is 0. The molecule has 0 radical (unpaired) electrons. The summed E-state index contributed by atoms with van der Waals surface area (Å²) in [6.45, 7) is 8.67. The van der Waals surface area contributed by atoms with Gasteiger partial charge in [0.1, 0.15) is 6.10 Å². The molecule has 0 aliphatic carbocycles. The summed E-state index contributed by atoms with van der Waals surface area (Å²) in [5.41, 5.74) is 7.40. The third-order valence-corrected chi connectivity index (χ3v) is 4.87. The molecule has 0 aliphatic rings. The molecule has 27 heavy (non-hydrogen) atoms. The topological polar surface area (TPSA) is 75.9 Å². The molecule has 2 N–H and O–H groups in total. The number of ether oxygens (including phenoxy) is 1. The molecule has 1 atom stereocenters. The van der Waals surface area contributed by atoms with Gasteiger partial charge in [-0.25, -0.2) is 9.78 Å².